The van der Waals surface area contributed by atoms with Crippen molar-refractivity contribution in [3.05, 3.63) is 35.6 Å². The van der Waals surface area contributed by atoms with Crippen molar-refractivity contribution >= 4 is 11.6 Å². The maximum Gasteiger partial charge on any atom is 0.218 e. The Bertz CT molecular complexity index is 567. The average molecular weight is 262 g/mol. The summed E-state index contributed by atoms with van der Waals surface area (Å²) in [5.41, 5.74) is 0.449. The number of hydrogen-bond donors (Lipinski definition) is 0. The first-order valence-corrected chi connectivity index (χ1v) is 6.27. The Balaban J connectivity index is 1.60. The van der Waals surface area contributed by atoms with Crippen LogP contribution in [0.2, 0.25) is 0 Å². The summed E-state index contributed by atoms with van der Waals surface area (Å²) >= 11 is 0. The van der Waals surface area contributed by atoms with E-state index in [1.807, 2.05) is 0 Å². The molecule has 4 nitrogen and oxygen atoms in total. The predicted octanol–water partition coefficient (Wildman–Crippen LogP) is 1.19. The van der Waals surface area contributed by atoms with Crippen LogP contribution in [0.25, 0.3) is 0 Å². The lowest BCUT2D eigenvalue weighted by Crippen LogP contribution is -2.30. The van der Waals surface area contributed by atoms with Crippen molar-refractivity contribution in [2.45, 2.75) is 12.4 Å². The minimum absolute atomic E-state index is 0.0659. The van der Waals surface area contributed by atoms with E-state index >= 15 is 0 Å². The molecule has 2 aliphatic heterocycles. The first kappa shape index (κ1) is 11.3. The molecular formula is C14H11FO4. The number of benzene rings is 1. The minimum atomic E-state index is -0.780. The summed E-state index contributed by atoms with van der Waals surface area (Å²) in [6.45, 7) is 0.380. The van der Waals surface area contributed by atoms with Crippen molar-refractivity contribution in [1.29, 1.82) is 0 Å². The second-order valence-corrected chi connectivity index (χ2v) is 5.24. The fraction of sp³-hybridized carbons (Fsp3) is 0.429. The van der Waals surface area contributed by atoms with Crippen LogP contribution >= 0.6 is 0 Å². The standard InChI is InChI=1S/C14H11FO4/c15-7-3-1-6(2-4-7)12(16)10-9-8-5-18-14(19-8)13(17)11(9)10/h1-4,8-11,14H,5H2/t8-,9+,10+,11-,14+/m1/s1. The third kappa shape index (κ3) is 1.52. The number of Topliss-reactive ketones (excluding diaryl/α,β-unsaturated/α-hetero) is 2. The lowest BCUT2D eigenvalue weighted by atomic mass is 10.0. The molecule has 4 rings (SSSR count). The Morgan fingerprint density at radius 1 is 1.26 bits per heavy atom. The highest BCUT2D eigenvalue weighted by Crippen LogP contribution is 2.57. The van der Waals surface area contributed by atoms with Crippen LogP contribution in [0.15, 0.2) is 24.3 Å². The predicted molar refractivity (Wildman–Crippen MR) is 60.8 cm³/mol. The quantitative estimate of drug-likeness (QED) is 0.751. The van der Waals surface area contributed by atoms with Gasteiger partial charge in [-0.05, 0) is 24.3 Å². The molecule has 3 fully saturated rings. The van der Waals surface area contributed by atoms with E-state index in [-0.39, 0.29) is 41.2 Å². The maximum absolute atomic E-state index is 12.8. The van der Waals surface area contributed by atoms with Crippen LogP contribution in [0.4, 0.5) is 4.39 Å². The first-order valence-electron chi connectivity index (χ1n) is 6.27. The molecule has 2 heterocycles. The third-order valence-corrected chi connectivity index (χ3v) is 4.21. The van der Waals surface area contributed by atoms with Crippen molar-refractivity contribution in [2.24, 2.45) is 17.8 Å². The van der Waals surface area contributed by atoms with Gasteiger partial charge in [0.1, 0.15) is 5.82 Å². The van der Waals surface area contributed by atoms with E-state index in [9.17, 15) is 14.0 Å². The van der Waals surface area contributed by atoms with Crippen LogP contribution in [-0.4, -0.2) is 30.6 Å². The van der Waals surface area contributed by atoms with Crippen LogP contribution in [0.1, 0.15) is 10.4 Å². The SMILES string of the molecule is O=C(c1ccc(F)cc1)[C@@H]1[C@@H]2C(=O)[C@H]3OC[C@@H](O3)[C@@H]12. The summed E-state index contributed by atoms with van der Waals surface area (Å²) < 4.78 is 23.5. The molecule has 0 spiro atoms. The van der Waals surface area contributed by atoms with E-state index in [1.165, 1.54) is 24.3 Å². The summed E-state index contributed by atoms with van der Waals surface area (Å²) in [4.78, 5) is 24.3. The van der Waals surface area contributed by atoms with E-state index in [2.05, 4.69) is 0 Å². The number of carbonyl (C=O) groups is 2. The van der Waals surface area contributed by atoms with Gasteiger partial charge in [0.05, 0.1) is 12.7 Å². The van der Waals surface area contributed by atoms with Crippen LogP contribution in [-0.2, 0) is 14.3 Å². The molecule has 0 unspecified atom stereocenters. The van der Waals surface area contributed by atoms with Gasteiger partial charge in [-0.2, -0.15) is 0 Å². The molecule has 5 atom stereocenters. The molecule has 19 heavy (non-hydrogen) atoms. The molecule has 0 N–H and O–H groups in total. The molecule has 1 aromatic rings. The highest BCUT2D eigenvalue weighted by Gasteiger charge is 2.68. The van der Waals surface area contributed by atoms with Crippen molar-refractivity contribution in [3.8, 4) is 0 Å². The van der Waals surface area contributed by atoms with Crippen LogP contribution < -0.4 is 0 Å². The zero-order valence-electron chi connectivity index (χ0n) is 9.91. The largest absolute Gasteiger partial charge is 0.343 e. The topological polar surface area (TPSA) is 52.6 Å². The fourth-order valence-corrected chi connectivity index (χ4v) is 3.24. The Morgan fingerprint density at radius 2 is 2.00 bits per heavy atom. The molecule has 0 aromatic heterocycles. The normalized spacial score (nSPS) is 39.0. The number of fused-ring (bicyclic) bond motifs is 4. The van der Waals surface area contributed by atoms with Crippen molar-refractivity contribution < 1.29 is 23.5 Å². The molecule has 1 aromatic carbocycles. The van der Waals surface area contributed by atoms with Gasteiger partial charge in [-0.3, -0.25) is 9.59 Å². The molecule has 0 amide bonds. The third-order valence-electron chi connectivity index (χ3n) is 4.21. The molecule has 1 aliphatic carbocycles. The molecule has 3 aliphatic rings. The Hall–Kier alpha value is -1.59. The van der Waals surface area contributed by atoms with Crippen LogP contribution in [0.3, 0.4) is 0 Å². The van der Waals surface area contributed by atoms with Crippen LogP contribution in [0, 0.1) is 23.6 Å². The molecule has 1 saturated carbocycles. The zero-order valence-corrected chi connectivity index (χ0v) is 9.91. The second kappa shape index (κ2) is 3.71. The maximum atomic E-state index is 12.8. The molecule has 0 radical (unpaired) electrons. The van der Waals surface area contributed by atoms with Gasteiger partial charge < -0.3 is 9.47 Å². The van der Waals surface area contributed by atoms with Crippen molar-refractivity contribution in [3.63, 3.8) is 0 Å². The molecule has 2 saturated heterocycles. The van der Waals surface area contributed by atoms with Gasteiger partial charge in [0.2, 0.25) is 6.29 Å². The van der Waals surface area contributed by atoms with Gasteiger partial charge in [-0.1, -0.05) is 0 Å². The summed E-state index contributed by atoms with van der Waals surface area (Å²) in [6.07, 6.45) is -0.931. The molecular weight excluding hydrogens is 251 g/mol. The van der Waals surface area contributed by atoms with Gasteiger partial charge in [-0.25, -0.2) is 4.39 Å². The first-order chi connectivity index (χ1) is 9.16. The molecule has 2 bridgehead atoms. The average Bonchev–Trinajstić information content (AvgIpc) is 3.02. The van der Waals surface area contributed by atoms with E-state index in [0.717, 1.165) is 0 Å². The summed E-state index contributed by atoms with van der Waals surface area (Å²) in [6, 6.07) is 5.43. The Labute approximate surface area is 108 Å². The lowest BCUT2D eigenvalue weighted by molar-refractivity contribution is -0.153. The van der Waals surface area contributed by atoms with E-state index in [1.54, 1.807) is 0 Å². The van der Waals surface area contributed by atoms with Gasteiger partial charge in [0, 0.05) is 23.3 Å². The monoisotopic (exact) mass is 262 g/mol. The second-order valence-electron chi connectivity index (χ2n) is 5.24. The van der Waals surface area contributed by atoms with Crippen molar-refractivity contribution in [2.75, 3.05) is 6.61 Å². The summed E-state index contributed by atoms with van der Waals surface area (Å²) in [5.74, 6) is -1.26. The van der Waals surface area contributed by atoms with E-state index in [0.29, 0.717) is 12.2 Å². The number of ether oxygens (including phenoxy) is 2. The lowest BCUT2D eigenvalue weighted by Gasteiger charge is -2.14. The summed E-state index contributed by atoms with van der Waals surface area (Å²) in [7, 11) is 0. The number of hydrogen-bond acceptors (Lipinski definition) is 4. The van der Waals surface area contributed by atoms with Gasteiger partial charge >= 0.3 is 0 Å². The van der Waals surface area contributed by atoms with E-state index < -0.39 is 6.29 Å². The highest BCUT2D eigenvalue weighted by molar-refractivity contribution is 6.05. The molecule has 98 valence electrons. The Kier molecular flexibility index (Phi) is 2.20. The number of rotatable bonds is 2. The van der Waals surface area contributed by atoms with E-state index in [4.69, 9.17) is 9.47 Å². The number of carbonyl (C=O) groups excluding carboxylic acids is 2. The Morgan fingerprint density at radius 3 is 2.74 bits per heavy atom. The molecule has 5 heteroatoms. The fourth-order valence-electron chi connectivity index (χ4n) is 3.24. The minimum Gasteiger partial charge on any atom is -0.343 e. The van der Waals surface area contributed by atoms with Gasteiger partial charge in [-0.15, -0.1) is 0 Å². The highest BCUT2D eigenvalue weighted by atomic mass is 19.1. The zero-order chi connectivity index (χ0) is 13.1. The van der Waals surface area contributed by atoms with Crippen molar-refractivity contribution in [1.82, 2.24) is 0 Å². The van der Waals surface area contributed by atoms with Gasteiger partial charge in [0.15, 0.2) is 11.6 Å². The number of halogens is 1. The summed E-state index contributed by atoms with van der Waals surface area (Å²) in [5, 5.41) is 0. The van der Waals surface area contributed by atoms with Crippen LogP contribution in [0.5, 0.6) is 0 Å². The smallest absolute Gasteiger partial charge is 0.218 e. The van der Waals surface area contributed by atoms with Gasteiger partial charge in [0.25, 0.3) is 0 Å². The number of ketones is 2.